The first-order valence-corrected chi connectivity index (χ1v) is 7.76. The second-order valence-electron chi connectivity index (χ2n) is 4.87. The Bertz CT molecular complexity index is 868. The van der Waals surface area contributed by atoms with Crippen LogP contribution >= 0.6 is 11.8 Å². The normalized spacial score (nSPS) is 10.5. The van der Waals surface area contributed by atoms with Gasteiger partial charge in [0.05, 0.1) is 11.3 Å². The lowest BCUT2D eigenvalue weighted by molar-refractivity contribution is -0.113. The first-order valence-electron chi connectivity index (χ1n) is 6.77. The molecular weight excluding hydrogens is 340 g/mol. The standard InChI is InChI=1S/C15H13F2N3O3S/c1-7-13(8(2)21)14(20-15(23)18-7)24-6-12(22)19-9-3-4-10(16)11(17)5-9/h3-5H,6H2,1-2H3,(H,19,22)(H,18,20,23). The highest BCUT2D eigenvalue weighted by atomic mass is 32.2. The summed E-state index contributed by atoms with van der Waals surface area (Å²) in [5.74, 6) is -3.06. The fourth-order valence-electron chi connectivity index (χ4n) is 1.98. The maximum absolute atomic E-state index is 13.1. The van der Waals surface area contributed by atoms with Crippen molar-refractivity contribution in [2.45, 2.75) is 18.9 Å². The number of nitrogens with one attached hydrogen (secondary N) is 2. The molecule has 0 radical (unpaired) electrons. The quantitative estimate of drug-likeness (QED) is 0.489. The van der Waals surface area contributed by atoms with Crippen LogP contribution in [0.3, 0.4) is 0 Å². The third-order valence-electron chi connectivity index (χ3n) is 2.98. The van der Waals surface area contributed by atoms with Crippen LogP contribution in [0.15, 0.2) is 28.0 Å². The zero-order valence-corrected chi connectivity index (χ0v) is 13.6. The topological polar surface area (TPSA) is 91.9 Å². The van der Waals surface area contributed by atoms with Gasteiger partial charge in [0.25, 0.3) is 0 Å². The number of carbonyl (C=O) groups is 2. The minimum Gasteiger partial charge on any atom is -0.325 e. The molecular formula is C15H13F2N3O3S. The molecule has 2 aromatic rings. The summed E-state index contributed by atoms with van der Waals surface area (Å²) >= 11 is 0.907. The Balaban J connectivity index is 2.10. The van der Waals surface area contributed by atoms with E-state index in [-0.39, 0.29) is 27.8 Å². The number of hydrogen-bond donors (Lipinski definition) is 2. The number of amides is 1. The Morgan fingerprint density at radius 3 is 2.62 bits per heavy atom. The van der Waals surface area contributed by atoms with Crippen LogP contribution < -0.4 is 11.0 Å². The molecule has 1 aromatic heterocycles. The third-order valence-corrected chi connectivity index (χ3v) is 3.96. The zero-order chi connectivity index (χ0) is 17.9. The number of nitrogens with zero attached hydrogens (tertiary/aromatic N) is 1. The summed E-state index contributed by atoms with van der Waals surface area (Å²) in [4.78, 5) is 41.1. The molecule has 0 unspecified atom stereocenters. The van der Waals surface area contributed by atoms with Crippen LogP contribution in [-0.2, 0) is 4.79 Å². The first kappa shape index (κ1) is 17.8. The van der Waals surface area contributed by atoms with E-state index in [0.29, 0.717) is 5.69 Å². The fraction of sp³-hybridized carbons (Fsp3) is 0.200. The second kappa shape index (κ2) is 7.35. The van der Waals surface area contributed by atoms with Crippen molar-refractivity contribution in [1.82, 2.24) is 9.97 Å². The van der Waals surface area contributed by atoms with Crippen molar-refractivity contribution in [2.24, 2.45) is 0 Å². The number of aromatic amines is 1. The molecule has 0 aliphatic carbocycles. The van der Waals surface area contributed by atoms with E-state index in [9.17, 15) is 23.2 Å². The average Bonchev–Trinajstić information content (AvgIpc) is 2.47. The van der Waals surface area contributed by atoms with Crippen molar-refractivity contribution in [3.05, 3.63) is 51.6 Å². The van der Waals surface area contributed by atoms with Gasteiger partial charge in [-0.1, -0.05) is 11.8 Å². The van der Waals surface area contributed by atoms with Crippen molar-refractivity contribution < 1.29 is 18.4 Å². The zero-order valence-electron chi connectivity index (χ0n) is 12.8. The van der Waals surface area contributed by atoms with E-state index < -0.39 is 23.2 Å². The van der Waals surface area contributed by atoms with Gasteiger partial charge in [-0.2, -0.15) is 4.98 Å². The van der Waals surface area contributed by atoms with Gasteiger partial charge >= 0.3 is 5.69 Å². The van der Waals surface area contributed by atoms with E-state index in [1.54, 1.807) is 6.92 Å². The maximum Gasteiger partial charge on any atom is 0.346 e. The van der Waals surface area contributed by atoms with E-state index in [1.807, 2.05) is 0 Å². The number of hydrogen-bond acceptors (Lipinski definition) is 5. The molecule has 24 heavy (non-hydrogen) atoms. The van der Waals surface area contributed by atoms with Gasteiger partial charge < -0.3 is 10.3 Å². The van der Waals surface area contributed by atoms with Gasteiger partial charge in [-0.3, -0.25) is 9.59 Å². The highest BCUT2D eigenvalue weighted by molar-refractivity contribution is 8.00. The molecule has 0 bridgehead atoms. The average molecular weight is 353 g/mol. The van der Waals surface area contributed by atoms with Gasteiger partial charge in [-0.15, -0.1) is 0 Å². The highest BCUT2D eigenvalue weighted by Crippen LogP contribution is 2.22. The largest absolute Gasteiger partial charge is 0.346 e. The van der Waals surface area contributed by atoms with Crippen LogP contribution in [0.2, 0.25) is 0 Å². The monoisotopic (exact) mass is 353 g/mol. The van der Waals surface area contributed by atoms with E-state index in [2.05, 4.69) is 15.3 Å². The van der Waals surface area contributed by atoms with Gasteiger partial charge in [0.2, 0.25) is 5.91 Å². The number of anilines is 1. The molecule has 0 spiro atoms. The lowest BCUT2D eigenvalue weighted by Gasteiger charge is -2.08. The SMILES string of the molecule is CC(=O)c1c(SCC(=O)Nc2ccc(F)c(F)c2)nc(=O)[nH]c1C. The molecule has 0 saturated heterocycles. The predicted molar refractivity (Wildman–Crippen MR) is 85.3 cm³/mol. The van der Waals surface area contributed by atoms with Gasteiger partial charge in [-0.25, -0.2) is 13.6 Å². The molecule has 2 rings (SSSR count). The number of halogens is 2. The molecule has 2 N–H and O–H groups in total. The summed E-state index contributed by atoms with van der Waals surface area (Å²) in [5.41, 5.74) is 0.0774. The molecule has 0 atom stereocenters. The number of rotatable bonds is 5. The summed E-state index contributed by atoms with van der Waals surface area (Å²) in [6.07, 6.45) is 0. The minimum atomic E-state index is -1.08. The van der Waals surface area contributed by atoms with Crippen molar-refractivity contribution in [2.75, 3.05) is 11.1 Å². The number of aromatic nitrogens is 2. The first-order chi connectivity index (χ1) is 11.3. The molecule has 1 amide bonds. The Hall–Kier alpha value is -2.55. The number of Topliss-reactive ketones (excluding diaryl/α,β-unsaturated/α-hetero) is 1. The number of thioether (sulfide) groups is 1. The third kappa shape index (κ3) is 4.25. The molecule has 1 aromatic carbocycles. The van der Waals surface area contributed by atoms with Gasteiger partial charge in [-0.05, 0) is 26.0 Å². The Morgan fingerprint density at radius 2 is 2.00 bits per heavy atom. The highest BCUT2D eigenvalue weighted by Gasteiger charge is 2.16. The summed E-state index contributed by atoms with van der Waals surface area (Å²) in [6, 6.07) is 2.97. The van der Waals surface area contributed by atoms with Crippen molar-refractivity contribution in [3.8, 4) is 0 Å². The maximum atomic E-state index is 13.1. The van der Waals surface area contributed by atoms with Crippen LogP contribution in [-0.4, -0.2) is 27.4 Å². The van der Waals surface area contributed by atoms with Crippen LogP contribution in [0.25, 0.3) is 0 Å². The van der Waals surface area contributed by atoms with Gasteiger partial charge in [0, 0.05) is 17.4 Å². The van der Waals surface area contributed by atoms with Crippen LogP contribution in [0, 0.1) is 18.6 Å². The molecule has 126 valence electrons. The minimum absolute atomic E-state index is 0.0985. The summed E-state index contributed by atoms with van der Waals surface area (Å²) in [7, 11) is 0. The number of H-pyrrole nitrogens is 1. The Labute approximate surface area is 139 Å². The molecule has 6 nitrogen and oxygen atoms in total. The van der Waals surface area contributed by atoms with Crippen LogP contribution in [0.4, 0.5) is 14.5 Å². The van der Waals surface area contributed by atoms with Gasteiger partial charge in [0.1, 0.15) is 5.03 Å². The molecule has 0 fully saturated rings. The number of carbonyl (C=O) groups excluding carboxylic acids is 2. The van der Waals surface area contributed by atoms with E-state index in [1.165, 1.54) is 13.0 Å². The number of ketones is 1. The lowest BCUT2D eigenvalue weighted by Crippen LogP contribution is -2.19. The van der Waals surface area contributed by atoms with Crippen LogP contribution in [0.5, 0.6) is 0 Å². The van der Waals surface area contributed by atoms with Crippen molar-refractivity contribution >= 4 is 29.1 Å². The Morgan fingerprint density at radius 1 is 1.29 bits per heavy atom. The molecule has 0 aliphatic heterocycles. The fourth-order valence-corrected chi connectivity index (χ4v) is 2.91. The number of benzene rings is 1. The smallest absolute Gasteiger partial charge is 0.325 e. The van der Waals surface area contributed by atoms with E-state index in [4.69, 9.17) is 0 Å². The Kier molecular flexibility index (Phi) is 5.45. The molecule has 9 heteroatoms. The predicted octanol–water partition coefficient (Wildman–Crippen LogP) is 2.29. The second-order valence-corrected chi connectivity index (χ2v) is 5.83. The van der Waals surface area contributed by atoms with E-state index >= 15 is 0 Å². The van der Waals surface area contributed by atoms with Gasteiger partial charge in [0.15, 0.2) is 17.4 Å². The number of aryl methyl sites for hydroxylation is 1. The summed E-state index contributed by atoms with van der Waals surface area (Å²) < 4.78 is 25.9. The summed E-state index contributed by atoms with van der Waals surface area (Å²) in [5, 5.41) is 2.54. The lowest BCUT2D eigenvalue weighted by atomic mass is 10.2. The molecule has 0 aliphatic rings. The van der Waals surface area contributed by atoms with E-state index in [0.717, 1.165) is 23.9 Å². The van der Waals surface area contributed by atoms with Crippen LogP contribution in [0.1, 0.15) is 23.0 Å². The van der Waals surface area contributed by atoms with Crippen molar-refractivity contribution in [1.29, 1.82) is 0 Å². The molecule has 1 heterocycles. The van der Waals surface area contributed by atoms with Crippen molar-refractivity contribution in [3.63, 3.8) is 0 Å². The summed E-state index contributed by atoms with van der Waals surface area (Å²) in [6.45, 7) is 2.89. The molecule has 0 saturated carbocycles.